The summed E-state index contributed by atoms with van der Waals surface area (Å²) in [5.74, 6) is 0.110. The lowest BCUT2D eigenvalue weighted by Gasteiger charge is -2.13. The number of benzene rings is 1. The summed E-state index contributed by atoms with van der Waals surface area (Å²) in [7, 11) is 0. The lowest BCUT2D eigenvalue weighted by molar-refractivity contribution is 0.265. The summed E-state index contributed by atoms with van der Waals surface area (Å²) in [4.78, 5) is 1.26. The van der Waals surface area contributed by atoms with Gasteiger partial charge in [0.2, 0.25) is 0 Å². The summed E-state index contributed by atoms with van der Waals surface area (Å²) in [6, 6.07) is 11.8. The van der Waals surface area contributed by atoms with E-state index < -0.39 is 0 Å². The lowest BCUT2D eigenvalue weighted by Crippen LogP contribution is -2.06. The van der Waals surface area contributed by atoms with Gasteiger partial charge in [-0.25, -0.2) is 0 Å². The Balaban J connectivity index is 2.16. The molecule has 0 fully saturated rings. The number of hydrogen-bond donors (Lipinski definition) is 1. The number of rotatable bonds is 4. The Morgan fingerprint density at radius 1 is 1.29 bits per heavy atom. The van der Waals surface area contributed by atoms with E-state index in [-0.39, 0.29) is 12.5 Å². The van der Waals surface area contributed by atoms with Crippen LogP contribution in [0, 0.1) is 0 Å². The van der Waals surface area contributed by atoms with Crippen LogP contribution in [0.25, 0.3) is 0 Å². The first-order chi connectivity index (χ1) is 8.19. The molecule has 0 bridgehead atoms. The zero-order valence-electron chi connectivity index (χ0n) is 9.07. The van der Waals surface area contributed by atoms with Crippen LogP contribution in [0.15, 0.2) is 40.2 Å². The van der Waals surface area contributed by atoms with Gasteiger partial charge in [0.25, 0.3) is 0 Å². The molecule has 0 saturated heterocycles. The van der Waals surface area contributed by atoms with Gasteiger partial charge in [0.15, 0.2) is 0 Å². The molecule has 1 aromatic carbocycles. The molecule has 90 valence electrons. The van der Waals surface area contributed by atoms with Crippen molar-refractivity contribution in [1.82, 2.24) is 0 Å². The van der Waals surface area contributed by atoms with E-state index in [4.69, 9.17) is 11.6 Å². The van der Waals surface area contributed by atoms with Gasteiger partial charge in [-0.15, -0.1) is 11.3 Å². The van der Waals surface area contributed by atoms with Gasteiger partial charge in [-0.1, -0.05) is 23.7 Å². The molecule has 1 aromatic heterocycles. The van der Waals surface area contributed by atoms with Crippen LogP contribution >= 0.6 is 38.9 Å². The number of aliphatic hydroxyl groups excluding tert-OH is 1. The molecular formula is C13H12BrClOS. The summed E-state index contributed by atoms with van der Waals surface area (Å²) in [6.45, 7) is 0.135. The second kappa shape index (κ2) is 6.01. The molecule has 2 aromatic rings. The molecule has 1 unspecified atom stereocenters. The van der Waals surface area contributed by atoms with Gasteiger partial charge in [-0.3, -0.25) is 0 Å². The minimum Gasteiger partial charge on any atom is -0.396 e. The third kappa shape index (κ3) is 3.55. The summed E-state index contributed by atoms with van der Waals surface area (Å²) < 4.78 is 1.12. The van der Waals surface area contributed by atoms with Gasteiger partial charge in [0.1, 0.15) is 0 Å². The molecule has 1 heterocycles. The van der Waals surface area contributed by atoms with Crippen LogP contribution in [-0.2, 0) is 6.42 Å². The van der Waals surface area contributed by atoms with Crippen molar-refractivity contribution in [3.8, 4) is 0 Å². The standard InChI is InChI=1S/C13H12BrClOS/c14-13-5-4-12(17-13)7-10(8-16)9-2-1-3-11(15)6-9/h1-6,10,16H,7-8H2. The second-order valence-electron chi connectivity index (χ2n) is 3.84. The Hall–Kier alpha value is -0.350. The Morgan fingerprint density at radius 3 is 2.71 bits per heavy atom. The summed E-state index contributed by atoms with van der Waals surface area (Å²) in [5.41, 5.74) is 1.09. The fourth-order valence-corrected chi connectivity index (χ4v) is 3.51. The van der Waals surface area contributed by atoms with Crippen molar-refractivity contribution in [3.05, 3.63) is 55.6 Å². The summed E-state index contributed by atoms with van der Waals surface area (Å²) in [6.07, 6.45) is 0.840. The Kier molecular flexibility index (Phi) is 4.62. The smallest absolute Gasteiger partial charge is 0.0701 e. The lowest BCUT2D eigenvalue weighted by atomic mass is 9.96. The van der Waals surface area contributed by atoms with E-state index in [1.165, 1.54) is 4.88 Å². The Bertz CT molecular complexity index is 498. The van der Waals surface area contributed by atoms with Crippen LogP contribution in [0.3, 0.4) is 0 Å². The largest absolute Gasteiger partial charge is 0.396 e. The van der Waals surface area contributed by atoms with Crippen LogP contribution in [0.4, 0.5) is 0 Å². The van der Waals surface area contributed by atoms with Gasteiger partial charge >= 0.3 is 0 Å². The highest BCUT2D eigenvalue weighted by Crippen LogP contribution is 2.28. The summed E-state index contributed by atoms with van der Waals surface area (Å²) in [5, 5.41) is 10.2. The number of halogens is 2. The molecule has 4 heteroatoms. The van der Waals surface area contributed by atoms with Crippen LogP contribution in [0.5, 0.6) is 0 Å². The molecule has 0 amide bonds. The van der Waals surface area contributed by atoms with Crippen molar-refractivity contribution in [2.24, 2.45) is 0 Å². The number of thiophene rings is 1. The van der Waals surface area contributed by atoms with Gasteiger partial charge < -0.3 is 5.11 Å². The van der Waals surface area contributed by atoms with Crippen LogP contribution in [0.1, 0.15) is 16.4 Å². The number of hydrogen-bond acceptors (Lipinski definition) is 2. The molecule has 1 atom stereocenters. The fraction of sp³-hybridized carbons (Fsp3) is 0.231. The van der Waals surface area contributed by atoms with Crippen LogP contribution in [-0.4, -0.2) is 11.7 Å². The molecule has 0 saturated carbocycles. The molecule has 0 radical (unpaired) electrons. The highest BCUT2D eigenvalue weighted by atomic mass is 79.9. The van der Waals surface area contributed by atoms with Crippen molar-refractivity contribution >= 4 is 38.9 Å². The van der Waals surface area contributed by atoms with Gasteiger partial charge in [-0.05, 0) is 52.2 Å². The van der Waals surface area contributed by atoms with Gasteiger partial charge in [-0.2, -0.15) is 0 Å². The van der Waals surface area contributed by atoms with Gasteiger partial charge in [0.05, 0.1) is 10.4 Å². The molecule has 17 heavy (non-hydrogen) atoms. The predicted molar refractivity (Wildman–Crippen MR) is 77.0 cm³/mol. The molecular weight excluding hydrogens is 320 g/mol. The fourth-order valence-electron chi connectivity index (χ4n) is 1.75. The first-order valence-corrected chi connectivity index (χ1v) is 7.28. The minimum absolute atomic E-state index is 0.110. The highest BCUT2D eigenvalue weighted by molar-refractivity contribution is 9.11. The third-order valence-corrected chi connectivity index (χ3v) is 4.50. The van der Waals surface area contributed by atoms with Crippen LogP contribution in [0.2, 0.25) is 5.02 Å². The zero-order chi connectivity index (χ0) is 12.3. The molecule has 1 N–H and O–H groups in total. The van der Waals surface area contributed by atoms with E-state index in [0.29, 0.717) is 5.02 Å². The van der Waals surface area contributed by atoms with Crippen molar-refractivity contribution in [2.75, 3.05) is 6.61 Å². The third-order valence-electron chi connectivity index (χ3n) is 2.62. The molecule has 2 rings (SSSR count). The maximum atomic E-state index is 9.49. The average Bonchev–Trinajstić information content (AvgIpc) is 2.72. The molecule has 0 aliphatic heterocycles. The quantitative estimate of drug-likeness (QED) is 0.875. The van der Waals surface area contributed by atoms with E-state index >= 15 is 0 Å². The first-order valence-electron chi connectivity index (χ1n) is 5.29. The van der Waals surface area contributed by atoms with E-state index in [0.717, 1.165) is 15.8 Å². The maximum absolute atomic E-state index is 9.49. The highest BCUT2D eigenvalue weighted by Gasteiger charge is 2.12. The van der Waals surface area contributed by atoms with Crippen LogP contribution < -0.4 is 0 Å². The predicted octanol–water partition coefficient (Wildman–Crippen LogP) is 4.48. The second-order valence-corrected chi connectivity index (χ2v) is 6.83. The van der Waals surface area contributed by atoms with E-state index in [1.807, 2.05) is 30.3 Å². The maximum Gasteiger partial charge on any atom is 0.0701 e. The minimum atomic E-state index is 0.110. The van der Waals surface area contributed by atoms with E-state index in [2.05, 4.69) is 22.0 Å². The monoisotopic (exact) mass is 330 g/mol. The van der Waals surface area contributed by atoms with E-state index in [9.17, 15) is 5.11 Å². The Labute approximate surface area is 118 Å². The number of aliphatic hydroxyl groups is 1. The zero-order valence-corrected chi connectivity index (χ0v) is 12.2. The van der Waals surface area contributed by atoms with Crippen molar-refractivity contribution in [1.29, 1.82) is 0 Å². The topological polar surface area (TPSA) is 20.2 Å². The first kappa shape index (κ1) is 13.1. The molecule has 1 nitrogen and oxygen atoms in total. The molecule has 0 aliphatic rings. The van der Waals surface area contributed by atoms with Crippen molar-refractivity contribution in [3.63, 3.8) is 0 Å². The van der Waals surface area contributed by atoms with Crippen molar-refractivity contribution < 1.29 is 5.11 Å². The van der Waals surface area contributed by atoms with Crippen molar-refractivity contribution in [2.45, 2.75) is 12.3 Å². The Morgan fingerprint density at radius 2 is 2.12 bits per heavy atom. The average molecular weight is 332 g/mol. The summed E-state index contributed by atoms with van der Waals surface area (Å²) >= 11 is 11.1. The molecule has 0 spiro atoms. The molecule has 0 aliphatic carbocycles. The normalized spacial score (nSPS) is 12.6. The van der Waals surface area contributed by atoms with E-state index in [1.54, 1.807) is 11.3 Å². The SMILES string of the molecule is OCC(Cc1ccc(Br)s1)c1cccc(Cl)c1. The van der Waals surface area contributed by atoms with Gasteiger partial charge in [0, 0.05) is 15.8 Å².